The van der Waals surface area contributed by atoms with E-state index in [0.717, 1.165) is 10.2 Å². The molecule has 1 N–H and O–H groups in total. The fraction of sp³-hybridized carbons (Fsp3) is 0.0435. The number of halogens is 3. The molecule has 3 aromatic heterocycles. The molecule has 10 nitrogen and oxygen atoms in total. The summed E-state index contributed by atoms with van der Waals surface area (Å²) in [6.07, 6.45) is 1.48. The number of aromatic amines is 1. The topological polar surface area (TPSA) is 131 Å². The largest absolute Gasteiger partial charge is 0.349 e. The van der Waals surface area contributed by atoms with Crippen molar-refractivity contribution in [1.29, 1.82) is 5.26 Å². The smallest absolute Gasteiger partial charge is 0.301 e. The number of benzene rings is 2. The molecule has 0 saturated heterocycles. The van der Waals surface area contributed by atoms with Gasteiger partial charge in [0.25, 0.3) is 11.1 Å². The summed E-state index contributed by atoms with van der Waals surface area (Å²) in [4.78, 5) is 38.5. The first-order chi connectivity index (χ1) is 17.3. The maximum absolute atomic E-state index is 13.3. The predicted molar refractivity (Wildman–Crippen MR) is 130 cm³/mol. The van der Waals surface area contributed by atoms with Crippen molar-refractivity contribution in [3.63, 3.8) is 0 Å². The minimum absolute atomic E-state index is 0.0807. The van der Waals surface area contributed by atoms with Crippen molar-refractivity contribution in [2.75, 3.05) is 0 Å². The van der Waals surface area contributed by atoms with E-state index in [1.807, 2.05) is 4.98 Å². The number of nitrogens with one attached hydrogen (secondary N) is 1. The van der Waals surface area contributed by atoms with E-state index in [9.17, 15) is 18.8 Å². The van der Waals surface area contributed by atoms with Gasteiger partial charge in [-0.1, -0.05) is 35.3 Å². The van der Waals surface area contributed by atoms with Gasteiger partial charge in [-0.25, -0.2) is 13.9 Å². The van der Waals surface area contributed by atoms with Crippen LogP contribution in [0.25, 0.3) is 22.4 Å². The predicted octanol–water partition coefficient (Wildman–Crippen LogP) is 2.79. The van der Waals surface area contributed by atoms with E-state index >= 15 is 0 Å². The third-order valence-corrected chi connectivity index (χ3v) is 5.95. The highest BCUT2D eigenvalue weighted by atomic mass is 35.5. The first-order valence-corrected chi connectivity index (χ1v) is 11.0. The van der Waals surface area contributed by atoms with Crippen molar-refractivity contribution in [1.82, 2.24) is 29.1 Å². The molecule has 2 aromatic carbocycles. The van der Waals surface area contributed by atoms with Crippen LogP contribution in [0.15, 0.2) is 69.1 Å². The lowest BCUT2D eigenvalue weighted by atomic mass is 10.2. The van der Waals surface area contributed by atoms with E-state index in [2.05, 4.69) is 10.2 Å². The molecule has 0 aliphatic rings. The molecule has 0 spiro atoms. The standard InChI is InChI=1S/C23H12Cl2FN7O3/c24-15-7-14(32-23(36)29-22(35)17(9-27)30-32)8-16(25)21(15)33-18-5-6-20(34)31(19(18)10-28-33)11-12-1-3-13(26)4-2-12/h1-8,10H,11H2,(H,29,35,36). The Hall–Kier alpha value is -4.53. The van der Waals surface area contributed by atoms with E-state index in [1.165, 1.54) is 45.8 Å². The molecule has 0 radical (unpaired) electrons. The Morgan fingerprint density at radius 1 is 0.972 bits per heavy atom. The van der Waals surface area contributed by atoms with E-state index in [0.29, 0.717) is 11.0 Å². The zero-order chi connectivity index (χ0) is 25.6. The number of fused-ring (bicyclic) bond motifs is 1. The molecule has 0 amide bonds. The summed E-state index contributed by atoms with van der Waals surface area (Å²) in [6.45, 7) is 0.185. The van der Waals surface area contributed by atoms with Gasteiger partial charge in [0.1, 0.15) is 17.6 Å². The van der Waals surface area contributed by atoms with Gasteiger partial charge in [0.2, 0.25) is 5.69 Å². The minimum atomic E-state index is -0.915. The van der Waals surface area contributed by atoms with Crippen LogP contribution in [0, 0.1) is 17.1 Å². The Morgan fingerprint density at radius 3 is 2.33 bits per heavy atom. The van der Waals surface area contributed by atoms with Crippen LogP contribution in [0.3, 0.4) is 0 Å². The third kappa shape index (κ3) is 3.98. The van der Waals surface area contributed by atoms with Crippen molar-refractivity contribution in [2.45, 2.75) is 6.54 Å². The summed E-state index contributed by atoms with van der Waals surface area (Å²) in [7, 11) is 0. The third-order valence-electron chi connectivity index (χ3n) is 5.37. The number of hydrogen-bond donors (Lipinski definition) is 1. The second-order valence-electron chi connectivity index (χ2n) is 7.60. The number of H-pyrrole nitrogens is 1. The molecule has 0 unspecified atom stereocenters. The maximum Gasteiger partial charge on any atom is 0.349 e. The van der Waals surface area contributed by atoms with Crippen LogP contribution in [-0.2, 0) is 6.54 Å². The van der Waals surface area contributed by atoms with Gasteiger partial charge >= 0.3 is 5.69 Å². The van der Waals surface area contributed by atoms with Gasteiger partial charge < -0.3 is 4.57 Å². The SMILES string of the molecule is N#Cc1nn(-c2cc(Cl)c(-n3ncc4c3ccc(=O)n4Cc3ccc(F)cc3)c(Cl)c2)c(=O)[nH]c1=O. The zero-order valence-electron chi connectivity index (χ0n) is 17.9. The second kappa shape index (κ2) is 8.92. The van der Waals surface area contributed by atoms with E-state index < -0.39 is 16.9 Å². The molecular weight excluding hydrogens is 512 g/mol. The first-order valence-electron chi connectivity index (χ1n) is 10.2. The second-order valence-corrected chi connectivity index (χ2v) is 8.41. The van der Waals surface area contributed by atoms with Crippen LogP contribution in [-0.4, -0.2) is 29.1 Å². The molecule has 0 aliphatic carbocycles. The molecule has 0 aliphatic heterocycles. The summed E-state index contributed by atoms with van der Waals surface area (Å²) in [5.74, 6) is -0.381. The van der Waals surface area contributed by atoms with Crippen LogP contribution in [0.4, 0.5) is 4.39 Å². The normalized spacial score (nSPS) is 11.1. The molecular formula is C23H12Cl2FN7O3. The molecule has 5 rings (SSSR count). The summed E-state index contributed by atoms with van der Waals surface area (Å²) < 4.78 is 17.0. The number of nitrogens with zero attached hydrogens (tertiary/aromatic N) is 6. The number of aromatic nitrogens is 6. The average Bonchev–Trinajstić information content (AvgIpc) is 3.25. The summed E-state index contributed by atoms with van der Waals surface area (Å²) in [5, 5.41) is 17.3. The van der Waals surface area contributed by atoms with Crippen LogP contribution in [0.5, 0.6) is 0 Å². The number of rotatable bonds is 4. The Kier molecular flexibility index (Phi) is 5.75. The Bertz CT molecular complexity index is 1860. The first kappa shape index (κ1) is 23.2. The monoisotopic (exact) mass is 523 g/mol. The molecule has 0 saturated carbocycles. The van der Waals surface area contributed by atoms with Crippen molar-refractivity contribution in [3.8, 4) is 17.4 Å². The lowest BCUT2D eigenvalue weighted by molar-refractivity contribution is 0.626. The summed E-state index contributed by atoms with van der Waals surface area (Å²) >= 11 is 13.0. The van der Waals surface area contributed by atoms with Gasteiger partial charge in [0.15, 0.2) is 0 Å². The van der Waals surface area contributed by atoms with Crippen molar-refractivity contribution in [3.05, 3.63) is 113 Å². The highest BCUT2D eigenvalue weighted by Gasteiger charge is 2.18. The average molecular weight is 524 g/mol. The van der Waals surface area contributed by atoms with Gasteiger partial charge in [-0.15, -0.1) is 5.10 Å². The molecule has 3 heterocycles. The van der Waals surface area contributed by atoms with Crippen molar-refractivity contribution in [2.24, 2.45) is 0 Å². The maximum atomic E-state index is 13.3. The molecule has 36 heavy (non-hydrogen) atoms. The quantitative estimate of drug-likeness (QED) is 0.385. The van der Waals surface area contributed by atoms with Crippen molar-refractivity contribution < 1.29 is 4.39 Å². The Morgan fingerprint density at radius 2 is 1.67 bits per heavy atom. The van der Waals surface area contributed by atoms with E-state index in [-0.39, 0.29) is 39.3 Å². The summed E-state index contributed by atoms with van der Waals surface area (Å²) in [6, 6.07) is 13.1. The van der Waals surface area contributed by atoms with Gasteiger partial charge in [0, 0.05) is 6.07 Å². The summed E-state index contributed by atoms with van der Waals surface area (Å²) in [5.41, 5.74) is -0.498. The fourth-order valence-electron chi connectivity index (χ4n) is 3.71. The number of nitriles is 1. The fourth-order valence-corrected chi connectivity index (χ4v) is 4.35. The van der Waals surface area contributed by atoms with Gasteiger partial charge in [0.05, 0.1) is 39.5 Å². The number of pyridine rings is 1. The van der Waals surface area contributed by atoms with Crippen LogP contribution >= 0.6 is 23.2 Å². The molecule has 0 bridgehead atoms. The molecule has 5 aromatic rings. The van der Waals surface area contributed by atoms with Gasteiger partial charge in [-0.2, -0.15) is 15.0 Å². The Labute approximate surface area is 210 Å². The Balaban J connectivity index is 1.63. The highest BCUT2D eigenvalue weighted by molar-refractivity contribution is 6.38. The van der Waals surface area contributed by atoms with Crippen LogP contribution in [0.1, 0.15) is 11.3 Å². The van der Waals surface area contributed by atoms with Crippen LogP contribution < -0.4 is 16.8 Å². The van der Waals surface area contributed by atoms with E-state index in [4.69, 9.17) is 28.5 Å². The highest BCUT2D eigenvalue weighted by Crippen LogP contribution is 2.33. The van der Waals surface area contributed by atoms with Gasteiger partial charge in [-0.05, 0) is 35.9 Å². The minimum Gasteiger partial charge on any atom is -0.301 e. The van der Waals surface area contributed by atoms with Crippen LogP contribution in [0.2, 0.25) is 10.0 Å². The molecule has 0 atom stereocenters. The lowest BCUT2D eigenvalue weighted by Gasteiger charge is -2.12. The number of hydrogen-bond acceptors (Lipinski definition) is 6. The van der Waals surface area contributed by atoms with Gasteiger partial charge in [-0.3, -0.25) is 14.6 Å². The van der Waals surface area contributed by atoms with E-state index in [1.54, 1.807) is 24.3 Å². The molecule has 0 fully saturated rings. The molecule has 13 heteroatoms. The lowest BCUT2D eigenvalue weighted by Crippen LogP contribution is -2.33. The molecule has 178 valence electrons. The zero-order valence-corrected chi connectivity index (χ0v) is 19.5. The van der Waals surface area contributed by atoms with Crippen molar-refractivity contribution >= 4 is 34.2 Å².